The normalized spacial score (nSPS) is 11.7. The average Bonchev–Trinajstić information content (AvgIpc) is 2.94. The van der Waals surface area contributed by atoms with Crippen molar-refractivity contribution in [1.29, 1.82) is 0 Å². The zero-order chi connectivity index (χ0) is 34.3. The molecule has 1 aliphatic carbocycles. The molecule has 1 aliphatic rings. The fraction of sp³-hybridized carbons (Fsp3) is 0.300. The minimum Gasteiger partial charge on any atom is -0.295 e. The summed E-state index contributed by atoms with van der Waals surface area (Å²) in [5, 5.41) is 0. The Labute approximate surface area is 285 Å². The topological polar surface area (TPSA) is 34.1 Å². The second-order valence-electron chi connectivity index (χ2n) is 11.4. The van der Waals surface area contributed by atoms with Crippen molar-refractivity contribution < 1.29 is 9.59 Å². The van der Waals surface area contributed by atoms with Gasteiger partial charge in [0, 0.05) is 8.95 Å². The molecule has 0 aliphatic heterocycles. The van der Waals surface area contributed by atoms with Gasteiger partial charge in [-0.15, -0.1) is 0 Å². The lowest BCUT2D eigenvalue weighted by atomic mass is 9.84. The number of allylic oxidation sites excluding steroid dienone is 6. The first-order valence-electron chi connectivity index (χ1n) is 14.5. The molecule has 3 aromatic carbocycles. The zero-order valence-electron chi connectivity index (χ0n) is 28.4. The van der Waals surface area contributed by atoms with Gasteiger partial charge in [-0.25, -0.2) is 0 Å². The lowest BCUT2D eigenvalue weighted by Crippen LogP contribution is -2.08. The van der Waals surface area contributed by atoms with Crippen molar-refractivity contribution in [2.75, 3.05) is 0 Å². The largest absolute Gasteiger partial charge is 0.295 e. The van der Waals surface area contributed by atoms with Gasteiger partial charge in [0.2, 0.25) is 0 Å². The number of benzene rings is 3. The van der Waals surface area contributed by atoms with Crippen molar-refractivity contribution in [3.63, 3.8) is 0 Å². The monoisotopic (exact) mass is 722 g/mol. The highest BCUT2D eigenvalue weighted by Crippen LogP contribution is 2.28. The van der Waals surface area contributed by atoms with Crippen LogP contribution in [0.3, 0.4) is 0 Å². The van der Waals surface area contributed by atoms with E-state index in [4.69, 9.17) is 0 Å². The van der Waals surface area contributed by atoms with Crippen molar-refractivity contribution in [3.05, 3.63) is 153 Å². The molecule has 0 spiro atoms. The summed E-state index contributed by atoms with van der Waals surface area (Å²) in [7, 11) is 0. The molecule has 0 heterocycles. The fourth-order valence-corrected chi connectivity index (χ4v) is 3.50. The summed E-state index contributed by atoms with van der Waals surface area (Å²) >= 11 is 6.69. The highest BCUT2D eigenvalue weighted by Gasteiger charge is 2.14. The van der Waals surface area contributed by atoms with Crippen molar-refractivity contribution in [2.45, 2.75) is 75.7 Å². The van der Waals surface area contributed by atoms with Crippen LogP contribution < -0.4 is 0 Å². The molecule has 4 heteroatoms. The Morgan fingerprint density at radius 3 is 1.11 bits per heavy atom. The smallest absolute Gasteiger partial charge is 0.154 e. The summed E-state index contributed by atoms with van der Waals surface area (Å²) in [5.74, 6) is 0.0833. The van der Waals surface area contributed by atoms with Gasteiger partial charge in [-0.2, -0.15) is 0 Å². The third kappa shape index (κ3) is 27.7. The Balaban J connectivity index is 0. The molecule has 0 unspecified atom stereocenters. The van der Waals surface area contributed by atoms with Crippen molar-refractivity contribution >= 4 is 43.4 Å². The van der Waals surface area contributed by atoms with Gasteiger partial charge in [0.05, 0.1) is 0 Å². The highest BCUT2D eigenvalue weighted by atomic mass is 79.9. The van der Waals surface area contributed by atoms with E-state index < -0.39 is 0 Å². The van der Waals surface area contributed by atoms with E-state index in [0.29, 0.717) is 11.0 Å². The lowest BCUT2D eigenvalue weighted by Gasteiger charge is -2.21. The van der Waals surface area contributed by atoms with E-state index >= 15 is 0 Å². The highest BCUT2D eigenvalue weighted by molar-refractivity contribution is 9.10. The van der Waals surface area contributed by atoms with Gasteiger partial charge in [-0.1, -0.05) is 153 Å². The number of rotatable bonds is 2. The van der Waals surface area contributed by atoms with E-state index in [0.717, 1.165) is 8.95 Å². The Morgan fingerprint density at radius 2 is 0.955 bits per heavy atom. The maximum Gasteiger partial charge on any atom is 0.154 e. The Morgan fingerprint density at radius 1 is 0.682 bits per heavy atom. The van der Waals surface area contributed by atoms with Gasteiger partial charge >= 0.3 is 0 Å². The maximum atomic E-state index is 10.0. The fourth-order valence-electron chi connectivity index (χ4n) is 2.98. The first-order valence-corrected chi connectivity index (χ1v) is 16.1. The molecule has 0 N–H and O–H groups in total. The Bertz CT molecular complexity index is 1150. The number of hydrogen-bond acceptors (Lipinski definition) is 2. The van der Waals surface area contributed by atoms with Crippen molar-refractivity contribution in [2.24, 2.45) is 5.41 Å². The number of aryl methyl sites for hydroxylation is 4. The van der Waals surface area contributed by atoms with Gasteiger partial charge in [0.1, 0.15) is 0 Å². The average molecular weight is 725 g/mol. The molecule has 0 saturated heterocycles. The lowest BCUT2D eigenvalue weighted by molar-refractivity contribution is -0.114. The third-order valence-corrected chi connectivity index (χ3v) is 6.83. The SMILES string of the molecule is C=C(C)C(C)=O.C=CC(C)=O.CC1=CC(C)(C)CC=C1.Cc1ccc(Br)cc1.Cc1ccc(Br)cc1.Cc1ccc(C)cc1. The molecule has 0 radical (unpaired) electrons. The van der Waals surface area contributed by atoms with Gasteiger partial charge < -0.3 is 0 Å². The molecule has 44 heavy (non-hydrogen) atoms. The molecule has 238 valence electrons. The van der Waals surface area contributed by atoms with E-state index in [1.54, 1.807) is 6.92 Å². The second kappa shape index (κ2) is 24.3. The van der Waals surface area contributed by atoms with E-state index in [-0.39, 0.29) is 11.6 Å². The molecule has 0 bridgehead atoms. The summed E-state index contributed by atoms with van der Waals surface area (Å²) in [5.41, 5.74) is 7.67. The van der Waals surface area contributed by atoms with Crippen LogP contribution in [0.5, 0.6) is 0 Å². The van der Waals surface area contributed by atoms with Crippen LogP contribution in [-0.2, 0) is 9.59 Å². The minimum absolute atomic E-state index is 0.0185. The molecule has 0 saturated carbocycles. The number of ketones is 2. The summed E-state index contributed by atoms with van der Waals surface area (Å²) in [4.78, 5) is 19.7. The molecule has 3 aromatic rings. The number of carbonyl (C=O) groups is 2. The van der Waals surface area contributed by atoms with E-state index in [1.807, 2.05) is 24.3 Å². The Hall–Kier alpha value is -3.08. The first-order chi connectivity index (χ1) is 20.4. The van der Waals surface area contributed by atoms with Crippen molar-refractivity contribution in [3.8, 4) is 0 Å². The first kappa shape index (κ1) is 43.0. The molecular formula is C40H52Br2O2. The summed E-state index contributed by atoms with van der Waals surface area (Å²) in [6, 6.07) is 24.9. The standard InChI is InChI=1S/C9H14.C8H10.2C7H7Br.C5H8O.C4H6O/c1-8-5-4-6-9(2,3)7-8;1-7-3-5-8(2)6-4-7;2*1-6-2-4-7(8)5-3-6;1-4(2)5(3)6;1-3-4(2)5/h4-5,7H,6H2,1-3H3;3-6H,1-2H3;2*2-5H,1H3;1H2,2-3H3;3H,1H2,2H3. The number of halogens is 2. The van der Waals surface area contributed by atoms with Crippen LogP contribution in [0, 0.1) is 33.1 Å². The van der Waals surface area contributed by atoms with E-state index in [2.05, 4.69) is 160 Å². The van der Waals surface area contributed by atoms with Crippen LogP contribution >= 0.6 is 31.9 Å². The van der Waals surface area contributed by atoms with Gasteiger partial charge in [-0.3, -0.25) is 9.59 Å². The maximum absolute atomic E-state index is 10.0. The van der Waals surface area contributed by atoms with Crippen LogP contribution in [0.2, 0.25) is 0 Å². The van der Waals surface area contributed by atoms with Crippen LogP contribution in [0.1, 0.15) is 70.2 Å². The molecular weight excluding hydrogens is 672 g/mol. The second-order valence-corrected chi connectivity index (χ2v) is 13.2. The number of hydrogen-bond donors (Lipinski definition) is 0. The van der Waals surface area contributed by atoms with Gasteiger partial charge in [0.25, 0.3) is 0 Å². The summed E-state index contributed by atoms with van der Waals surface area (Å²) < 4.78 is 2.28. The minimum atomic E-state index is 0.0185. The number of Topliss-reactive ketones (excluding diaryl/α,β-unsaturated/α-hetero) is 1. The third-order valence-electron chi connectivity index (χ3n) is 5.77. The van der Waals surface area contributed by atoms with Gasteiger partial charge in [0.15, 0.2) is 11.6 Å². The zero-order valence-corrected chi connectivity index (χ0v) is 31.6. The van der Waals surface area contributed by atoms with E-state index in [9.17, 15) is 9.59 Å². The summed E-state index contributed by atoms with van der Waals surface area (Å²) in [6.07, 6.45) is 9.22. The molecule has 4 rings (SSSR count). The molecule has 2 nitrogen and oxygen atoms in total. The molecule has 0 fully saturated rings. The number of carbonyl (C=O) groups excluding carboxylic acids is 2. The predicted octanol–water partition coefficient (Wildman–Crippen LogP) is 12.7. The van der Waals surface area contributed by atoms with Crippen LogP contribution in [0.25, 0.3) is 0 Å². The molecule has 0 amide bonds. The van der Waals surface area contributed by atoms with Crippen molar-refractivity contribution in [1.82, 2.24) is 0 Å². The van der Waals surface area contributed by atoms with Crippen LogP contribution in [-0.4, -0.2) is 11.6 Å². The molecule has 0 aromatic heterocycles. The quantitative estimate of drug-likeness (QED) is 0.247. The van der Waals surface area contributed by atoms with Crippen LogP contribution in [0.4, 0.5) is 0 Å². The Kier molecular flexibility index (Phi) is 23.7. The van der Waals surface area contributed by atoms with Crippen LogP contribution in [0.15, 0.2) is 130 Å². The molecule has 0 atom stereocenters. The van der Waals surface area contributed by atoms with Gasteiger partial charge in [-0.05, 0) is 103 Å². The summed E-state index contributed by atoms with van der Waals surface area (Å²) in [6.45, 7) is 26.3. The van der Waals surface area contributed by atoms with E-state index in [1.165, 1.54) is 54.2 Å². The predicted molar refractivity (Wildman–Crippen MR) is 201 cm³/mol.